The van der Waals surface area contributed by atoms with Crippen LogP contribution in [0.4, 0.5) is 21.5 Å². The van der Waals surface area contributed by atoms with E-state index in [1.807, 2.05) is 19.1 Å². The summed E-state index contributed by atoms with van der Waals surface area (Å²) >= 11 is 0. The van der Waals surface area contributed by atoms with Gasteiger partial charge in [-0.2, -0.15) is 0 Å². The number of nitro groups is 1. The van der Waals surface area contributed by atoms with Crippen molar-refractivity contribution in [1.82, 2.24) is 0 Å². The fourth-order valence-electron chi connectivity index (χ4n) is 4.68. The second-order valence-electron chi connectivity index (χ2n) is 8.36. The number of carbonyl (C=O) groups excluding carboxylic acids is 2. The monoisotopic (exact) mass is 493 g/mol. The molecule has 2 unspecified atom stereocenters. The van der Waals surface area contributed by atoms with Gasteiger partial charge >= 0.3 is 0 Å². The van der Waals surface area contributed by atoms with E-state index >= 15 is 0 Å². The van der Waals surface area contributed by atoms with Crippen molar-refractivity contribution in [3.8, 4) is 0 Å². The maximum Gasteiger partial charge on any atom is 0.271 e. The van der Waals surface area contributed by atoms with Crippen LogP contribution >= 0.6 is 0 Å². The Bertz CT molecular complexity index is 1390. The van der Waals surface area contributed by atoms with E-state index in [0.717, 1.165) is 12.0 Å². The van der Waals surface area contributed by atoms with Crippen LogP contribution in [0.25, 0.3) is 0 Å². The molecule has 8 nitrogen and oxygen atoms in total. The number of halogens is 1. The molecule has 2 atom stereocenters. The minimum atomic E-state index is -2.02. The molecule has 0 saturated carbocycles. The topological polar surface area (TPSA) is 101 Å². The summed E-state index contributed by atoms with van der Waals surface area (Å²) in [6.45, 7) is 2.00. The molecule has 2 aliphatic rings. The fourth-order valence-corrected chi connectivity index (χ4v) is 6.37. The summed E-state index contributed by atoms with van der Waals surface area (Å²) in [5.74, 6) is -1.96. The second kappa shape index (κ2) is 8.38. The van der Waals surface area contributed by atoms with Crippen molar-refractivity contribution in [1.29, 1.82) is 0 Å². The third-order valence-corrected chi connectivity index (χ3v) is 8.13. The molecular formula is C25H20FN3O5S. The van der Waals surface area contributed by atoms with E-state index in [1.54, 1.807) is 12.1 Å². The van der Waals surface area contributed by atoms with Gasteiger partial charge in [0.1, 0.15) is 11.6 Å². The number of nitro benzene ring substituents is 1. The quantitative estimate of drug-likeness (QED) is 0.398. The normalized spacial score (nSPS) is 21.1. The Morgan fingerprint density at radius 2 is 1.69 bits per heavy atom. The molecule has 0 bridgehead atoms. The van der Waals surface area contributed by atoms with Gasteiger partial charge in [-0.05, 0) is 47.9 Å². The van der Waals surface area contributed by atoms with Crippen LogP contribution in [0.1, 0.15) is 23.6 Å². The van der Waals surface area contributed by atoms with Gasteiger partial charge in [0.15, 0.2) is 0 Å². The Morgan fingerprint density at radius 1 is 1.03 bits per heavy atom. The molecule has 0 aromatic heterocycles. The lowest BCUT2D eigenvalue weighted by Crippen LogP contribution is -2.52. The number of rotatable bonds is 5. The van der Waals surface area contributed by atoms with E-state index in [0.29, 0.717) is 16.9 Å². The van der Waals surface area contributed by atoms with Crippen molar-refractivity contribution >= 4 is 39.7 Å². The SMILES string of the molecule is CCc1ccc(N2C(=O)CS(=O)C23C(=O)N(Cc2ccc(F)cc2)c2ccc([N+](=O)[O-])cc23)cc1. The average molecular weight is 494 g/mol. The van der Waals surface area contributed by atoms with Crippen LogP contribution in [-0.2, 0) is 38.2 Å². The third kappa shape index (κ3) is 3.44. The zero-order valence-corrected chi connectivity index (χ0v) is 19.5. The summed E-state index contributed by atoms with van der Waals surface area (Å²) in [6.07, 6.45) is 0.769. The lowest BCUT2D eigenvalue weighted by atomic mass is 10.0. The molecule has 2 aliphatic heterocycles. The molecule has 0 radical (unpaired) electrons. The van der Waals surface area contributed by atoms with E-state index < -0.39 is 44.0 Å². The number of hydrogen-bond acceptors (Lipinski definition) is 5. The first kappa shape index (κ1) is 22.9. The summed E-state index contributed by atoms with van der Waals surface area (Å²) in [5.41, 5.74) is 2.19. The highest BCUT2D eigenvalue weighted by Gasteiger charge is 2.65. The fraction of sp³-hybridized carbons (Fsp3) is 0.200. The van der Waals surface area contributed by atoms with Gasteiger partial charge in [-0.15, -0.1) is 0 Å². The van der Waals surface area contributed by atoms with Gasteiger partial charge < -0.3 is 4.90 Å². The van der Waals surface area contributed by atoms with Crippen molar-refractivity contribution in [2.24, 2.45) is 0 Å². The Kier molecular flexibility index (Phi) is 5.47. The molecular weight excluding hydrogens is 473 g/mol. The number of hydrogen-bond donors (Lipinski definition) is 0. The molecule has 1 saturated heterocycles. The second-order valence-corrected chi connectivity index (χ2v) is 9.93. The lowest BCUT2D eigenvalue weighted by Gasteiger charge is -2.32. The first-order valence-corrected chi connectivity index (χ1v) is 12.2. The van der Waals surface area contributed by atoms with Crippen LogP contribution in [0.15, 0.2) is 66.7 Å². The van der Waals surface area contributed by atoms with Gasteiger partial charge in [-0.3, -0.25) is 28.8 Å². The van der Waals surface area contributed by atoms with E-state index in [4.69, 9.17) is 0 Å². The summed E-state index contributed by atoms with van der Waals surface area (Å²) in [5, 5.41) is 11.6. The van der Waals surface area contributed by atoms with E-state index in [-0.39, 0.29) is 17.8 Å². The molecule has 10 heteroatoms. The van der Waals surface area contributed by atoms with Gasteiger partial charge in [-0.1, -0.05) is 31.2 Å². The first-order chi connectivity index (χ1) is 16.8. The Labute approximate surface area is 202 Å². The molecule has 0 N–H and O–H groups in total. The van der Waals surface area contributed by atoms with Crippen molar-refractivity contribution in [3.63, 3.8) is 0 Å². The molecule has 178 valence electrons. The van der Waals surface area contributed by atoms with Gasteiger partial charge in [0.05, 0.1) is 28.0 Å². The van der Waals surface area contributed by atoms with Crippen LogP contribution in [-0.4, -0.2) is 26.7 Å². The third-order valence-electron chi connectivity index (χ3n) is 6.39. The van der Waals surface area contributed by atoms with Crippen molar-refractivity contribution in [3.05, 3.63) is 99.4 Å². The molecule has 2 amide bonds. The van der Waals surface area contributed by atoms with Gasteiger partial charge in [0.2, 0.25) is 10.8 Å². The first-order valence-electron chi connectivity index (χ1n) is 10.9. The zero-order valence-electron chi connectivity index (χ0n) is 18.6. The maximum atomic E-state index is 14.1. The number of benzene rings is 3. The van der Waals surface area contributed by atoms with Crippen LogP contribution in [0, 0.1) is 15.9 Å². The van der Waals surface area contributed by atoms with Crippen molar-refractivity contribution in [2.75, 3.05) is 15.6 Å². The smallest absolute Gasteiger partial charge is 0.271 e. The molecule has 1 fully saturated rings. The highest BCUT2D eigenvalue weighted by Crippen LogP contribution is 2.52. The summed E-state index contributed by atoms with van der Waals surface area (Å²) in [7, 11) is -2.02. The standard InChI is InChI=1S/C25H20FN3O5S/c1-2-16-5-9-19(10-6-16)28-23(30)15-35(34)25(28)21-13-20(29(32)33)11-12-22(21)27(24(25)31)14-17-3-7-18(26)8-4-17/h3-13H,2,14-15H2,1H3. The van der Waals surface area contributed by atoms with Crippen molar-refractivity contribution < 1.29 is 23.1 Å². The van der Waals surface area contributed by atoms with E-state index in [1.165, 1.54) is 52.3 Å². The molecule has 35 heavy (non-hydrogen) atoms. The number of non-ortho nitro benzene ring substituents is 1. The van der Waals surface area contributed by atoms with Gasteiger partial charge in [0, 0.05) is 23.4 Å². The number of anilines is 2. The molecule has 3 aromatic carbocycles. The molecule has 0 aliphatic carbocycles. The maximum absolute atomic E-state index is 14.1. The summed E-state index contributed by atoms with van der Waals surface area (Å²) in [6, 6.07) is 16.5. The van der Waals surface area contributed by atoms with Crippen LogP contribution in [0.5, 0.6) is 0 Å². The molecule has 1 spiro atoms. The number of amides is 2. The minimum absolute atomic E-state index is 0.0136. The van der Waals surface area contributed by atoms with Gasteiger partial charge in [-0.25, -0.2) is 4.39 Å². The van der Waals surface area contributed by atoms with E-state index in [2.05, 4.69) is 0 Å². The van der Waals surface area contributed by atoms with Crippen LogP contribution in [0.3, 0.4) is 0 Å². The molecule has 5 rings (SSSR count). The molecule has 3 aromatic rings. The van der Waals surface area contributed by atoms with Crippen LogP contribution in [0.2, 0.25) is 0 Å². The predicted octanol–water partition coefficient (Wildman–Crippen LogP) is 3.79. The highest BCUT2D eigenvalue weighted by atomic mass is 32.2. The predicted molar refractivity (Wildman–Crippen MR) is 129 cm³/mol. The molecule has 2 heterocycles. The minimum Gasteiger partial charge on any atom is -0.304 e. The van der Waals surface area contributed by atoms with Crippen LogP contribution < -0.4 is 9.80 Å². The Balaban J connectivity index is 1.71. The lowest BCUT2D eigenvalue weighted by molar-refractivity contribution is -0.384. The summed E-state index contributed by atoms with van der Waals surface area (Å²) < 4.78 is 27.0. The number of nitrogens with zero attached hydrogens (tertiary/aromatic N) is 3. The average Bonchev–Trinajstić information content (AvgIpc) is 3.26. The Hall–Kier alpha value is -3.92. The number of aryl methyl sites for hydroxylation is 1. The summed E-state index contributed by atoms with van der Waals surface area (Å²) in [4.78, 5) is 38.9. The largest absolute Gasteiger partial charge is 0.304 e. The van der Waals surface area contributed by atoms with E-state index in [9.17, 15) is 28.3 Å². The zero-order chi connectivity index (χ0) is 24.9. The van der Waals surface area contributed by atoms with Crippen molar-refractivity contribution in [2.45, 2.75) is 24.8 Å². The Morgan fingerprint density at radius 3 is 2.31 bits per heavy atom. The number of carbonyl (C=O) groups is 2. The van der Waals surface area contributed by atoms with Gasteiger partial charge in [0.25, 0.3) is 11.6 Å². The number of fused-ring (bicyclic) bond motifs is 2. The highest BCUT2D eigenvalue weighted by molar-refractivity contribution is 7.88.